The average molecular weight is 224 g/mol. The molecule has 84 valence electrons. The molecule has 0 spiro atoms. The van der Waals surface area contributed by atoms with Gasteiger partial charge in [0, 0.05) is 9.75 Å². The lowest BCUT2D eigenvalue weighted by Crippen LogP contribution is -2.13. The molecule has 1 fully saturated rings. The van der Waals surface area contributed by atoms with Crippen molar-refractivity contribution in [3.63, 3.8) is 0 Å². The molecule has 0 radical (unpaired) electrons. The molecule has 3 atom stereocenters. The molecular weight excluding hydrogens is 204 g/mol. The van der Waals surface area contributed by atoms with Gasteiger partial charge in [-0.25, -0.2) is 0 Å². The highest BCUT2D eigenvalue weighted by Gasteiger charge is 2.31. The first kappa shape index (κ1) is 11.2. The van der Waals surface area contributed by atoms with E-state index < -0.39 is 0 Å². The van der Waals surface area contributed by atoms with Gasteiger partial charge < -0.3 is 5.11 Å². The minimum Gasteiger partial charge on any atom is -0.387 e. The van der Waals surface area contributed by atoms with Crippen LogP contribution in [-0.2, 0) is 6.42 Å². The summed E-state index contributed by atoms with van der Waals surface area (Å²) in [7, 11) is 0. The molecule has 1 aliphatic carbocycles. The third-order valence-electron chi connectivity index (χ3n) is 3.66. The predicted octanol–water partition coefficient (Wildman–Crippen LogP) is 3.78. The molecule has 1 aliphatic rings. The minimum atomic E-state index is -0.215. The highest BCUT2D eigenvalue weighted by molar-refractivity contribution is 7.12. The van der Waals surface area contributed by atoms with Crippen LogP contribution in [-0.4, -0.2) is 5.11 Å². The van der Waals surface area contributed by atoms with Crippen LogP contribution in [0.5, 0.6) is 0 Å². The molecule has 1 N–H and O–H groups in total. The van der Waals surface area contributed by atoms with Crippen molar-refractivity contribution in [2.24, 2.45) is 11.8 Å². The summed E-state index contributed by atoms with van der Waals surface area (Å²) < 4.78 is 0. The number of hydrogen-bond acceptors (Lipinski definition) is 2. The lowest BCUT2D eigenvalue weighted by Gasteiger charge is -2.20. The second-order valence-electron chi connectivity index (χ2n) is 4.67. The molecular formula is C13H20OS. The number of rotatable bonds is 3. The topological polar surface area (TPSA) is 20.2 Å². The molecule has 1 saturated carbocycles. The zero-order valence-electron chi connectivity index (χ0n) is 9.57. The fourth-order valence-corrected chi connectivity index (χ4v) is 3.61. The highest BCUT2D eigenvalue weighted by atomic mass is 32.1. The van der Waals surface area contributed by atoms with E-state index in [1.807, 2.05) is 0 Å². The third kappa shape index (κ3) is 2.26. The van der Waals surface area contributed by atoms with Crippen molar-refractivity contribution in [2.75, 3.05) is 0 Å². The Labute approximate surface area is 96.1 Å². The molecule has 1 nitrogen and oxygen atoms in total. The summed E-state index contributed by atoms with van der Waals surface area (Å²) in [6, 6.07) is 4.27. The van der Waals surface area contributed by atoms with E-state index in [9.17, 15) is 5.11 Å². The molecule has 2 rings (SSSR count). The first-order valence-electron chi connectivity index (χ1n) is 5.99. The van der Waals surface area contributed by atoms with Crippen molar-refractivity contribution in [2.45, 2.75) is 45.6 Å². The van der Waals surface area contributed by atoms with Crippen LogP contribution in [0.2, 0.25) is 0 Å². The Morgan fingerprint density at radius 1 is 1.47 bits per heavy atom. The second kappa shape index (κ2) is 4.67. The molecule has 0 amide bonds. The van der Waals surface area contributed by atoms with Crippen LogP contribution in [0.1, 0.15) is 49.0 Å². The van der Waals surface area contributed by atoms with Crippen LogP contribution < -0.4 is 0 Å². The van der Waals surface area contributed by atoms with Gasteiger partial charge in [0.15, 0.2) is 0 Å². The van der Waals surface area contributed by atoms with E-state index in [1.165, 1.54) is 29.0 Å². The van der Waals surface area contributed by atoms with E-state index in [4.69, 9.17) is 0 Å². The molecule has 15 heavy (non-hydrogen) atoms. The summed E-state index contributed by atoms with van der Waals surface area (Å²) in [5.74, 6) is 1.18. The monoisotopic (exact) mass is 224 g/mol. The van der Waals surface area contributed by atoms with Gasteiger partial charge in [-0.1, -0.05) is 26.7 Å². The number of hydrogen-bond donors (Lipinski definition) is 1. The number of aryl methyl sites for hydroxylation is 1. The van der Waals surface area contributed by atoms with Gasteiger partial charge >= 0.3 is 0 Å². The van der Waals surface area contributed by atoms with Gasteiger partial charge in [0.25, 0.3) is 0 Å². The predicted molar refractivity (Wildman–Crippen MR) is 65.2 cm³/mol. The van der Waals surface area contributed by atoms with Gasteiger partial charge in [0.05, 0.1) is 6.10 Å². The molecule has 0 aromatic carbocycles. The molecule has 3 unspecified atom stereocenters. The van der Waals surface area contributed by atoms with Crippen molar-refractivity contribution in [3.05, 3.63) is 21.9 Å². The molecule has 0 aliphatic heterocycles. The Morgan fingerprint density at radius 2 is 2.27 bits per heavy atom. The minimum absolute atomic E-state index is 0.215. The second-order valence-corrected chi connectivity index (χ2v) is 5.87. The Kier molecular flexibility index (Phi) is 3.47. The third-order valence-corrected chi connectivity index (χ3v) is 4.96. The van der Waals surface area contributed by atoms with Gasteiger partial charge in [-0.3, -0.25) is 0 Å². The number of aliphatic hydroxyl groups is 1. The maximum absolute atomic E-state index is 10.3. The van der Waals surface area contributed by atoms with E-state index in [-0.39, 0.29) is 6.10 Å². The molecule has 1 heterocycles. The lowest BCUT2D eigenvalue weighted by molar-refractivity contribution is 0.0932. The Morgan fingerprint density at radius 3 is 2.80 bits per heavy atom. The first-order chi connectivity index (χ1) is 7.22. The standard InChI is InChI=1S/C13H20OS/c1-3-10-7-8-12(15-10)13(14)11-6-4-5-9(11)2/h7-9,11,13-14H,3-6H2,1-2H3. The Bertz CT molecular complexity index is 318. The van der Waals surface area contributed by atoms with Crippen LogP contribution in [0.25, 0.3) is 0 Å². The summed E-state index contributed by atoms with van der Waals surface area (Å²) in [6.07, 6.45) is 4.63. The summed E-state index contributed by atoms with van der Waals surface area (Å²) in [4.78, 5) is 2.56. The van der Waals surface area contributed by atoms with Crippen molar-refractivity contribution < 1.29 is 5.11 Å². The molecule has 2 heteroatoms. The van der Waals surface area contributed by atoms with Crippen LogP contribution in [0.3, 0.4) is 0 Å². The number of aliphatic hydroxyl groups excluding tert-OH is 1. The van der Waals surface area contributed by atoms with Crippen LogP contribution >= 0.6 is 11.3 Å². The normalized spacial score (nSPS) is 28.2. The fourth-order valence-electron chi connectivity index (χ4n) is 2.60. The van der Waals surface area contributed by atoms with E-state index >= 15 is 0 Å². The van der Waals surface area contributed by atoms with Crippen molar-refractivity contribution in [1.29, 1.82) is 0 Å². The molecule has 0 bridgehead atoms. The lowest BCUT2D eigenvalue weighted by atomic mass is 9.91. The zero-order chi connectivity index (χ0) is 10.8. The number of thiophene rings is 1. The maximum Gasteiger partial charge on any atom is 0.0912 e. The maximum atomic E-state index is 10.3. The summed E-state index contributed by atoms with van der Waals surface area (Å²) in [5.41, 5.74) is 0. The Hall–Kier alpha value is -0.340. The van der Waals surface area contributed by atoms with Crippen LogP contribution in [0, 0.1) is 11.8 Å². The van der Waals surface area contributed by atoms with Crippen LogP contribution in [0.4, 0.5) is 0 Å². The fraction of sp³-hybridized carbons (Fsp3) is 0.692. The summed E-state index contributed by atoms with van der Waals surface area (Å²) in [5, 5.41) is 10.3. The zero-order valence-corrected chi connectivity index (χ0v) is 10.4. The summed E-state index contributed by atoms with van der Waals surface area (Å²) in [6.45, 7) is 4.44. The highest BCUT2D eigenvalue weighted by Crippen LogP contribution is 2.41. The van der Waals surface area contributed by atoms with E-state index in [1.54, 1.807) is 11.3 Å². The SMILES string of the molecule is CCc1ccc(C(O)C2CCCC2C)s1. The van der Waals surface area contributed by atoms with Gasteiger partial charge in [-0.15, -0.1) is 11.3 Å². The van der Waals surface area contributed by atoms with Gasteiger partial charge in [0.2, 0.25) is 0 Å². The summed E-state index contributed by atoms with van der Waals surface area (Å²) >= 11 is 1.78. The Balaban J connectivity index is 2.09. The molecule has 1 aromatic heterocycles. The van der Waals surface area contributed by atoms with Crippen molar-refractivity contribution in [3.8, 4) is 0 Å². The van der Waals surface area contributed by atoms with Gasteiger partial charge in [-0.05, 0) is 36.8 Å². The van der Waals surface area contributed by atoms with Gasteiger partial charge in [-0.2, -0.15) is 0 Å². The van der Waals surface area contributed by atoms with E-state index in [2.05, 4.69) is 26.0 Å². The van der Waals surface area contributed by atoms with E-state index in [0.29, 0.717) is 11.8 Å². The smallest absolute Gasteiger partial charge is 0.0912 e. The van der Waals surface area contributed by atoms with E-state index in [0.717, 1.165) is 6.42 Å². The largest absolute Gasteiger partial charge is 0.387 e. The van der Waals surface area contributed by atoms with Gasteiger partial charge in [0.1, 0.15) is 0 Å². The quantitative estimate of drug-likeness (QED) is 0.828. The molecule has 1 aromatic rings. The first-order valence-corrected chi connectivity index (χ1v) is 6.80. The van der Waals surface area contributed by atoms with Crippen molar-refractivity contribution in [1.82, 2.24) is 0 Å². The van der Waals surface area contributed by atoms with Crippen LogP contribution in [0.15, 0.2) is 12.1 Å². The van der Waals surface area contributed by atoms with Crippen molar-refractivity contribution >= 4 is 11.3 Å². The average Bonchev–Trinajstić information content (AvgIpc) is 2.84. The molecule has 0 saturated heterocycles.